The summed E-state index contributed by atoms with van der Waals surface area (Å²) in [4.78, 5) is 7.98. The lowest BCUT2D eigenvalue weighted by atomic mass is 10.0. The van der Waals surface area contributed by atoms with Gasteiger partial charge in [-0.15, -0.1) is 0 Å². The van der Waals surface area contributed by atoms with Crippen LogP contribution < -0.4 is 5.73 Å². The number of nitrogens with zero attached hydrogens (tertiary/aromatic N) is 1. The lowest BCUT2D eigenvalue weighted by Crippen LogP contribution is -2.03. The number of fused-ring (bicyclic) bond motifs is 1. The summed E-state index contributed by atoms with van der Waals surface area (Å²) in [6, 6.07) is 33.7. The number of hydrogen-bond acceptors (Lipinski definition) is 3. The van der Waals surface area contributed by atoms with E-state index in [4.69, 9.17) is 10.7 Å². The second-order valence-electron chi connectivity index (χ2n) is 7.39. The molecule has 4 nitrogen and oxygen atoms in total. The Balaban J connectivity index is 1.66. The summed E-state index contributed by atoms with van der Waals surface area (Å²) in [6.45, 7) is 0. The van der Waals surface area contributed by atoms with E-state index in [1.54, 1.807) is 0 Å². The van der Waals surface area contributed by atoms with Gasteiger partial charge >= 0.3 is 0 Å². The Morgan fingerprint density at radius 3 is 2.10 bits per heavy atom. The number of aliphatic imine (C=N–C) groups is 1. The van der Waals surface area contributed by atoms with Gasteiger partial charge in [-0.05, 0) is 41.5 Å². The van der Waals surface area contributed by atoms with Crippen molar-refractivity contribution in [2.75, 3.05) is 5.73 Å². The summed E-state index contributed by atoms with van der Waals surface area (Å²) in [5.41, 5.74) is 12.8. The molecule has 5 rings (SSSR count). The summed E-state index contributed by atoms with van der Waals surface area (Å²) in [5.74, 6) is 0.0732. The zero-order valence-electron chi connectivity index (χ0n) is 16.8. The van der Waals surface area contributed by atoms with Gasteiger partial charge in [0.1, 0.15) is 0 Å². The van der Waals surface area contributed by atoms with E-state index in [0.29, 0.717) is 17.0 Å². The molecule has 0 saturated heterocycles. The van der Waals surface area contributed by atoms with Gasteiger partial charge < -0.3 is 15.8 Å². The van der Waals surface area contributed by atoms with Crippen molar-refractivity contribution in [3.63, 3.8) is 0 Å². The highest BCUT2D eigenvalue weighted by Crippen LogP contribution is 2.33. The number of aromatic hydroxyl groups is 1. The molecule has 0 bridgehead atoms. The Morgan fingerprint density at radius 2 is 1.39 bits per heavy atom. The molecule has 4 N–H and O–H groups in total. The summed E-state index contributed by atoms with van der Waals surface area (Å²) in [7, 11) is 0. The molecule has 31 heavy (non-hydrogen) atoms. The molecule has 0 fully saturated rings. The van der Waals surface area contributed by atoms with E-state index in [2.05, 4.69) is 29.2 Å². The quantitative estimate of drug-likeness (QED) is 0.244. The van der Waals surface area contributed by atoms with Gasteiger partial charge in [0.2, 0.25) is 0 Å². The number of aromatic amines is 1. The van der Waals surface area contributed by atoms with Crippen LogP contribution in [0.2, 0.25) is 0 Å². The van der Waals surface area contributed by atoms with Crippen molar-refractivity contribution in [3.8, 4) is 17.0 Å². The minimum absolute atomic E-state index is 0.0732. The van der Waals surface area contributed by atoms with Crippen molar-refractivity contribution in [3.05, 3.63) is 114 Å². The van der Waals surface area contributed by atoms with E-state index < -0.39 is 0 Å². The SMILES string of the molecule is Nc1ccc2[nH]c(O)c(C(=Nc3ccc(-c4ccccc4)cc3)c3ccccc3)c2c1. The highest BCUT2D eigenvalue weighted by atomic mass is 16.3. The monoisotopic (exact) mass is 403 g/mol. The Kier molecular flexibility index (Phi) is 4.73. The number of nitrogens with two attached hydrogens (primary N) is 1. The summed E-state index contributed by atoms with van der Waals surface area (Å²) < 4.78 is 0. The minimum Gasteiger partial charge on any atom is -0.494 e. The average molecular weight is 403 g/mol. The molecular weight excluding hydrogens is 382 g/mol. The van der Waals surface area contributed by atoms with Gasteiger partial charge in [0.05, 0.1) is 17.0 Å². The fraction of sp³-hybridized carbons (Fsp3) is 0. The third-order valence-electron chi connectivity index (χ3n) is 5.30. The normalized spacial score (nSPS) is 11.7. The third kappa shape index (κ3) is 3.67. The number of rotatable bonds is 4. The molecule has 5 aromatic rings. The van der Waals surface area contributed by atoms with Crippen molar-refractivity contribution >= 4 is 28.0 Å². The first-order valence-electron chi connectivity index (χ1n) is 10.1. The van der Waals surface area contributed by atoms with Crippen molar-refractivity contribution < 1.29 is 5.11 Å². The van der Waals surface area contributed by atoms with Crippen LogP contribution in [0.15, 0.2) is 108 Å². The van der Waals surface area contributed by atoms with Crippen molar-refractivity contribution in [2.24, 2.45) is 4.99 Å². The molecule has 0 aliphatic rings. The van der Waals surface area contributed by atoms with Gasteiger partial charge in [-0.3, -0.25) is 0 Å². The second kappa shape index (κ2) is 7.84. The summed E-state index contributed by atoms with van der Waals surface area (Å²) >= 11 is 0. The fourth-order valence-electron chi connectivity index (χ4n) is 3.78. The van der Waals surface area contributed by atoms with Crippen molar-refractivity contribution in [2.45, 2.75) is 0 Å². The van der Waals surface area contributed by atoms with Gasteiger partial charge in [0, 0.05) is 22.2 Å². The Hall–Kier alpha value is -4.31. The van der Waals surface area contributed by atoms with Crippen molar-refractivity contribution in [1.29, 1.82) is 0 Å². The van der Waals surface area contributed by atoms with Crippen LogP contribution in [-0.2, 0) is 0 Å². The van der Waals surface area contributed by atoms with Crippen LogP contribution in [0.1, 0.15) is 11.1 Å². The number of nitrogen functional groups attached to an aromatic ring is 1. The number of anilines is 1. The maximum atomic E-state index is 10.8. The largest absolute Gasteiger partial charge is 0.494 e. The molecule has 1 heterocycles. The van der Waals surface area contributed by atoms with Gasteiger partial charge in [-0.1, -0.05) is 72.8 Å². The molecule has 0 aliphatic carbocycles. The number of H-pyrrole nitrogens is 1. The van der Waals surface area contributed by atoms with E-state index in [-0.39, 0.29) is 5.88 Å². The zero-order chi connectivity index (χ0) is 21.2. The average Bonchev–Trinajstić information content (AvgIpc) is 3.14. The Morgan fingerprint density at radius 1 is 0.742 bits per heavy atom. The number of nitrogens with one attached hydrogen (secondary N) is 1. The van der Waals surface area contributed by atoms with E-state index >= 15 is 0 Å². The fourth-order valence-corrected chi connectivity index (χ4v) is 3.78. The predicted octanol–water partition coefficient (Wildman–Crippen LogP) is 6.29. The molecule has 0 unspecified atom stereocenters. The molecule has 4 aromatic carbocycles. The molecule has 0 spiro atoms. The molecule has 1 aromatic heterocycles. The highest BCUT2D eigenvalue weighted by Gasteiger charge is 2.18. The van der Waals surface area contributed by atoms with E-state index in [1.807, 2.05) is 78.9 Å². The smallest absolute Gasteiger partial charge is 0.199 e. The van der Waals surface area contributed by atoms with Gasteiger partial charge in [0.15, 0.2) is 5.88 Å². The molecule has 0 saturated carbocycles. The molecule has 4 heteroatoms. The van der Waals surface area contributed by atoms with Crippen LogP contribution in [0.25, 0.3) is 22.0 Å². The molecule has 0 atom stereocenters. The molecular formula is C27H21N3O. The lowest BCUT2D eigenvalue weighted by molar-refractivity contribution is 0.457. The molecule has 0 aliphatic heterocycles. The maximum absolute atomic E-state index is 10.8. The first-order valence-corrected chi connectivity index (χ1v) is 10.1. The predicted molar refractivity (Wildman–Crippen MR) is 128 cm³/mol. The van der Waals surface area contributed by atoms with E-state index in [9.17, 15) is 5.11 Å². The molecule has 150 valence electrons. The van der Waals surface area contributed by atoms with Gasteiger partial charge in [-0.25, -0.2) is 4.99 Å². The topological polar surface area (TPSA) is 74.4 Å². The Labute approximate surface area is 180 Å². The van der Waals surface area contributed by atoms with Crippen LogP contribution >= 0.6 is 0 Å². The second-order valence-corrected chi connectivity index (χ2v) is 7.39. The van der Waals surface area contributed by atoms with Crippen molar-refractivity contribution in [1.82, 2.24) is 4.98 Å². The van der Waals surface area contributed by atoms with Crippen LogP contribution in [0.4, 0.5) is 11.4 Å². The summed E-state index contributed by atoms with van der Waals surface area (Å²) in [5, 5.41) is 11.6. The minimum atomic E-state index is 0.0732. The standard InChI is InChI=1S/C27H21N3O/c28-21-13-16-24-23(17-21)25(27(31)30-24)26(20-9-5-2-6-10-20)29-22-14-11-19(12-15-22)18-7-3-1-4-8-18/h1-17,30-31H,28H2. The highest BCUT2D eigenvalue weighted by molar-refractivity contribution is 6.22. The van der Waals surface area contributed by atoms with Crippen LogP contribution in [0, 0.1) is 0 Å². The number of benzene rings is 4. The van der Waals surface area contributed by atoms with E-state index in [0.717, 1.165) is 33.3 Å². The Bertz CT molecular complexity index is 1370. The molecule has 0 amide bonds. The van der Waals surface area contributed by atoms with Crippen LogP contribution in [0.5, 0.6) is 5.88 Å². The first kappa shape index (κ1) is 18.7. The van der Waals surface area contributed by atoms with Gasteiger partial charge in [-0.2, -0.15) is 0 Å². The number of hydrogen-bond donors (Lipinski definition) is 3. The first-order chi connectivity index (χ1) is 15.2. The molecule has 0 radical (unpaired) electrons. The van der Waals surface area contributed by atoms with E-state index in [1.165, 1.54) is 0 Å². The third-order valence-corrected chi connectivity index (χ3v) is 5.30. The van der Waals surface area contributed by atoms with Crippen LogP contribution in [-0.4, -0.2) is 15.8 Å². The zero-order valence-corrected chi connectivity index (χ0v) is 16.8. The summed E-state index contributed by atoms with van der Waals surface area (Å²) in [6.07, 6.45) is 0. The maximum Gasteiger partial charge on any atom is 0.199 e. The lowest BCUT2D eigenvalue weighted by Gasteiger charge is -2.09. The number of aromatic nitrogens is 1. The van der Waals surface area contributed by atoms with Crippen LogP contribution in [0.3, 0.4) is 0 Å². The van der Waals surface area contributed by atoms with Gasteiger partial charge in [0.25, 0.3) is 0 Å².